The smallest absolute Gasteiger partial charge is 0.179 e. The van der Waals surface area contributed by atoms with Crippen molar-refractivity contribution in [1.29, 1.82) is 5.26 Å². The number of rotatable bonds is 5. The van der Waals surface area contributed by atoms with Gasteiger partial charge in [-0.25, -0.2) is 8.42 Å². The van der Waals surface area contributed by atoms with Gasteiger partial charge in [0.25, 0.3) is 0 Å². The second-order valence-electron chi connectivity index (χ2n) is 3.80. The minimum Gasteiger partial charge on any atom is -0.303 e. The third-order valence-corrected chi connectivity index (χ3v) is 4.11. The number of nitriles is 1. The lowest BCUT2D eigenvalue weighted by molar-refractivity contribution is 0.588. The molecule has 0 saturated heterocycles. The average molecular weight is 262 g/mol. The van der Waals surface area contributed by atoms with Crippen LogP contribution in [-0.2, 0) is 9.84 Å². The third kappa shape index (κ3) is 3.89. The highest BCUT2D eigenvalue weighted by molar-refractivity contribution is 7.91. The number of hydrogen-bond acceptors (Lipinski definition) is 4. The van der Waals surface area contributed by atoms with Gasteiger partial charge in [0.1, 0.15) is 0 Å². The fourth-order valence-corrected chi connectivity index (χ4v) is 2.56. The quantitative estimate of drug-likeness (QED) is 0.802. The fraction of sp³-hybridized carbons (Fsp3) is 0.308. The highest BCUT2D eigenvalue weighted by Crippen LogP contribution is 2.12. The zero-order valence-corrected chi connectivity index (χ0v) is 10.9. The molecule has 1 N–H and O–H groups in total. The van der Waals surface area contributed by atoms with Crippen molar-refractivity contribution in [2.24, 2.45) is 0 Å². The Hall–Kier alpha value is -1.82. The van der Waals surface area contributed by atoms with Gasteiger partial charge in [0.2, 0.25) is 0 Å². The molecule has 0 aliphatic heterocycles. The number of hydrogen-bond donors (Lipinski definition) is 1. The molecule has 5 heteroatoms. The van der Waals surface area contributed by atoms with Gasteiger partial charge < -0.3 is 5.32 Å². The largest absolute Gasteiger partial charge is 0.303 e. The molecule has 0 spiro atoms. The van der Waals surface area contributed by atoms with Crippen molar-refractivity contribution < 1.29 is 8.42 Å². The molecule has 0 radical (unpaired) electrons. The molecule has 18 heavy (non-hydrogen) atoms. The molecule has 1 aromatic rings. The van der Waals surface area contributed by atoms with Crippen LogP contribution in [0.25, 0.3) is 0 Å². The van der Waals surface area contributed by atoms with Gasteiger partial charge in [-0.15, -0.1) is 6.42 Å². The molecule has 1 aromatic carbocycles. The lowest BCUT2D eigenvalue weighted by atomic mass is 10.2. The summed E-state index contributed by atoms with van der Waals surface area (Å²) in [5.74, 6) is 2.41. The van der Waals surface area contributed by atoms with Crippen molar-refractivity contribution in [2.75, 3.05) is 12.3 Å². The van der Waals surface area contributed by atoms with Crippen molar-refractivity contribution >= 4 is 9.84 Å². The molecule has 0 fully saturated rings. The van der Waals surface area contributed by atoms with E-state index in [1.165, 1.54) is 12.1 Å². The van der Waals surface area contributed by atoms with Crippen molar-refractivity contribution in [3.8, 4) is 18.4 Å². The van der Waals surface area contributed by atoms with Gasteiger partial charge in [0.15, 0.2) is 9.84 Å². The van der Waals surface area contributed by atoms with Crippen molar-refractivity contribution in [1.82, 2.24) is 5.32 Å². The summed E-state index contributed by atoms with van der Waals surface area (Å²) in [5, 5.41) is 11.6. The van der Waals surface area contributed by atoms with Crippen LogP contribution in [-0.4, -0.2) is 26.8 Å². The first kappa shape index (κ1) is 14.2. The Balaban J connectivity index is 2.75. The topological polar surface area (TPSA) is 70.0 Å². The van der Waals surface area contributed by atoms with Crippen LogP contribution < -0.4 is 5.32 Å². The summed E-state index contributed by atoms with van der Waals surface area (Å²) in [6.45, 7) is 2.06. The van der Waals surface area contributed by atoms with E-state index < -0.39 is 9.84 Å². The Morgan fingerprint density at radius 1 is 1.50 bits per heavy atom. The molecule has 0 aromatic heterocycles. The first-order valence-corrected chi connectivity index (χ1v) is 7.07. The van der Waals surface area contributed by atoms with Gasteiger partial charge in [-0.2, -0.15) is 5.26 Å². The molecule has 94 valence electrons. The molecule has 0 saturated carbocycles. The van der Waals surface area contributed by atoms with Gasteiger partial charge in [0, 0.05) is 6.54 Å². The van der Waals surface area contributed by atoms with E-state index in [2.05, 4.69) is 11.2 Å². The average Bonchev–Trinajstić information content (AvgIpc) is 2.38. The first-order chi connectivity index (χ1) is 8.49. The van der Waals surface area contributed by atoms with E-state index >= 15 is 0 Å². The molecule has 4 nitrogen and oxygen atoms in total. The molecule has 0 aliphatic rings. The van der Waals surface area contributed by atoms with E-state index in [4.69, 9.17) is 11.7 Å². The third-order valence-electron chi connectivity index (χ3n) is 2.39. The lowest BCUT2D eigenvalue weighted by Gasteiger charge is -2.08. The fourth-order valence-electron chi connectivity index (χ4n) is 1.35. The monoisotopic (exact) mass is 262 g/mol. The standard InChI is InChI=1S/C13H14N2O2S/c1-3-11(2)15-7-8-18(16,17)13-6-4-5-12(9-13)10-14/h1,4-6,9,11,15H,7-8H2,2H3. The van der Waals surface area contributed by atoms with Crippen LogP contribution >= 0.6 is 0 Å². The summed E-state index contributed by atoms with van der Waals surface area (Å²) >= 11 is 0. The predicted molar refractivity (Wildman–Crippen MR) is 69.5 cm³/mol. The summed E-state index contributed by atoms with van der Waals surface area (Å²) in [6.07, 6.45) is 5.17. The summed E-state index contributed by atoms with van der Waals surface area (Å²) in [7, 11) is -3.38. The maximum atomic E-state index is 12.0. The minimum atomic E-state index is -3.38. The van der Waals surface area contributed by atoms with Gasteiger partial charge in [0.05, 0.1) is 28.3 Å². The highest BCUT2D eigenvalue weighted by atomic mass is 32.2. The Morgan fingerprint density at radius 2 is 2.22 bits per heavy atom. The molecular weight excluding hydrogens is 248 g/mol. The van der Waals surface area contributed by atoms with Gasteiger partial charge in [-0.3, -0.25) is 0 Å². The Kier molecular flexibility index (Phi) is 4.91. The van der Waals surface area contributed by atoms with Gasteiger partial charge >= 0.3 is 0 Å². The van der Waals surface area contributed by atoms with E-state index in [9.17, 15) is 8.42 Å². The van der Waals surface area contributed by atoms with Crippen molar-refractivity contribution in [2.45, 2.75) is 17.9 Å². The van der Waals surface area contributed by atoms with Crippen molar-refractivity contribution in [3.05, 3.63) is 29.8 Å². The lowest BCUT2D eigenvalue weighted by Crippen LogP contribution is -2.29. The van der Waals surface area contributed by atoms with Crippen LogP contribution in [0.4, 0.5) is 0 Å². The normalized spacial score (nSPS) is 12.4. The number of benzene rings is 1. The van der Waals surface area contributed by atoms with Crippen LogP contribution in [0, 0.1) is 23.7 Å². The second-order valence-corrected chi connectivity index (χ2v) is 5.91. The van der Waals surface area contributed by atoms with Gasteiger partial charge in [-0.1, -0.05) is 12.0 Å². The summed E-state index contributed by atoms with van der Waals surface area (Å²) in [6, 6.07) is 7.74. The molecule has 0 aliphatic carbocycles. The zero-order valence-electron chi connectivity index (χ0n) is 10.1. The first-order valence-electron chi connectivity index (χ1n) is 5.42. The summed E-state index contributed by atoms with van der Waals surface area (Å²) < 4.78 is 23.9. The van der Waals surface area contributed by atoms with Gasteiger partial charge in [-0.05, 0) is 25.1 Å². The van der Waals surface area contributed by atoms with Crippen LogP contribution in [0.1, 0.15) is 12.5 Å². The van der Waals surface area contributed by atoms with E-state index in [0.29, 0.717) is 5.56 Å². The Labute approximate surface area is 108 Å². The number of nitrogens with one attached hydrogen (secondary N) is 1. The molecule has 1 rings (SSSR count). The molecule has 1 unspecified atom stereocenters. The number of sulfone groups is 1. The van der Waals surface area contributed by atoms with Crippen LogP contribution in [0.15, 0.2) is 29.2 Å². The minimum absolute atomic E-state index is 0.0477. The van der Waals surface area contributed by atoms with E-state index in [1.807, 2.05) is 6.07 Å². The van der Waals surface area contributed by atoms with E-state index in [-0.39, 0.29) is 23.2 Å². The summed E-state index contributed by atoms with van der Waals surface area (Å²) in [4.78, 5) is 0.164. The maximum absolute atomic E-state index is 12.0. The van der Waals surface area contributed by atoms with E-state index in [1.54, 1.807) is 19.1 Å². The van der Waals surface area contributed by atoms with Crippen LogP contribution in [0.2, 0.25) is 0 Å². The second kappa shape index (κ2) is 6.20. The maximum Gasteiger partial charge on any atom is 0.179 e. The summed E-state index contributed by atoms with van der Waals surface area (Å²) in [5.41, 5.74) is 0.334. The van der Waals surface area contributed by atoms with Crippen molar-refractivity contribution in [3.63, 3.8) is 0 Å². The molecule has 0 amide bonds. The Bertz CT molecular complexity index is 594. The predicted octanol–water partition coefficient (Wildman–Crippen LogP) is 0.943. The molecule has 0 bridgehead atoms. The van der Waals surface area contributed by atoms with Crippen LogP contribution in [0.5, 0.6) is 0 Å². The SMILES string of the molecule is C#CC(C)NCCS(=O)(=O)c1cccc(C#N)c1. The van der Waals surface area contributed by atoms with Crippen LogP contribution in [0.3, 0.4) is 0 Å². The highest BCUT2D eigenvalue weighted by Gasteiger charge is 2.14. The Morgan fingerprint density at radius 3 is 2.83 bits per heavy atom. The molecule has 0 heterocycles. The van der Waals surface area contributed by atoms with E-state index in [0.717, 1.165) is 0 Å². The molecular formula is C13H14N2O2S. The number of nitrogens with zero attached hydrogens (tertiary/aromatic N) is 1. The number of terminal acetylenes is 1. The zero-order chi connectivity index (χ0) is 13.6. The molecule has 1 atom stereocenters.